The average Bonchev–Trinajstić information content (AvgIpc) is 2.14. The second-order valence-corrected chi connectivity index (χ2v) is 3.43. The predicted molar refractivity (Wildman–Crippen MR) is 59.0 cm³/mol. The van der Waals surface area contributed by atoms with Crippen molar-refractivity contribution in [3.63, 3.8) is 0 Å². The first-order valence-corrected chi connectivity index (χ1v) is 5.01. The summed E-state index contributed by atoms with van der Waals surface area (Å²) >= 11 is 0. The lowest BCUT2D eigenvalue weighted by molar-refractivity contribution is -0.141. The van der Waals surface area contributed by atoms with E-state index in [-0.39, 0.29) is 11.9 Å². The van der Waals surface area contributed by atoms with Gasteiger partial charge in [0.2, 0.25) is 5.91 Å². The van der Waals surface area contributed by atoms with Gasteiger partial charge in [0.1, 0.15) is 6.04 Å². The Hall–Kier alpha value is -1.79. The minimum Gasteiger partial charge on any atom is -0.480 e. The maximum absolute atomic E-state index is 10.7. The third kappa shape index (κ3) is 7.60. The van der Waals surface area contributed by atoms with E-state index in [2.05, 4.69) is 10.6 Å². The molecule has 0 aromatic rings. The predicted octanol–water partition coefficient (Wildman–Crippen LogP) is -0.771. The van der Waals surface area contributed by atoms with Crippen molar-refractivity contribution in [2.24, 2.45) is 5.73 Å². The third-order valence-electron chi connectivity index (χ3n) is 1.91. The fourth-order valence-electron chi connectivity index (χ4n) is 1.20. The van der Waals surface area contributed by atoms with Gasteiger partial charge < -0.3 is 21.5 Å². The number of nitrogens with one attached hydrogen (secondary N) is 3. The Morgan fingerprint density at radius 1 is 1.44 bits per heavy atom. The Labute approximate surface area is 93.9 Å². The van der Waals surface area contributed by atoms with E-state index in [1.54, 1.807) is 0 Å². The summed E-state index contributed by atoms with van der Waals surface area (Å²) in [7, 11) is 0. The molecule has 0 aliphatic heterocycles. The normalized spacial score (nSPS) is 11.6. The highest BCUT2D eigenvalue weighted by Crippen LogP contribution is 2.00. The lowest BCUT2D eigenvalue weighted by Crippen LogP contribution is -2.39. The maximum atomic E-state index is 10.7. The number of carbonyl (C=O) groups excluding carboxylic acids is 1. The van der Waals surface area contributed by atoms with Gasteiger partial charge in [-0.1, -0.05) is 0 Å². The Bertz CT molecular complexity index is 267. The van der Waals surface area contributed by atoms with Gasteiger partial charge in [-0.3, -0.25) is 10.2 Å². The number of aliphatic carboxylic acids is 1. The van der Waals surface area contributed by atoms with Crippen LogP contribution in [0.3, 0.4) is 0 Å². The number of carboxylic acid groups (broad SMARTS) is 1. The zero-order valence-corrected chi connectivity index (χ0v) is 9.25. The second kappa shape index (κ2) is 7.49. The number of unbranched alkanes of at least 4 members (excludes halogenated alkanes) is 1. The Morgan fingerprint density at radius 3 is 2.50 bits per heavy atom. The highest BCUT2D eigenvalue weighted by atomic mass is 16.4. The maximum Gasteiger partial charge on any atom is 0.326 e. The molecule has 1 amide bonds. The van der Waals surface area contributed by atoms with Gasteiger partial charge in [0, 0.05) is 13.5 Å². The van der Waals surface area contributed by atoms with Gasteiger partial charge in [-0.2, -0.15) is 0 Å². The van der Waals surface area contributed by atoms with Gasteiger partial charge in [-0.05, 0) is 19.3 Å². The van der Waals surface area contributed by atoms with Crippen molar-refractivity contribution in [3.05, 3.63) is 0 Å². The summed E-state index contributed by atoms with van der Waals surface area (Å²) in [5, 5.41) is 20.6. The lowest BCUT2D eigenvalue weighted by Gasteiger charge is -2.12. The molecule has 0 bridgehead atoms. The first-order valence-electron chi connectivity index (χ1n) is 5.01. The molecule has 0 heterocycles. The summed E-state index contributed by atoms with van der Waals surface area (Å²) in [6, 6.07) is -0.838. The fourth-order valence-corrected chi connectivity index (χ4v) is 1.20. The van der Waals surface area contributed by atoms with Crippen molar-refractivity contribution >= 4 is 17.8 Å². The summed E-state index contributed by atoms with van der Waals surface area (Å²) < 4.78 is 0. The second-order valence-electron chi connectivity index (χ2n) is 3.43. The summed E-state index contributed by atoms with van der Waals surface area (Å²) in [4.78, 5) is 21.4. The summed E-state index contributed by atoms with van der Waals surface area (Å²) in [5.41, 5.74) is 5.07. The largest absolute Gasteiger partial charge is 0.480 e. The average molecular weight is 230 g/mol. The molecule has 0 spiro atoms. The molecule has 0 saturated heterocycles. The van der Waals surface area contributed by atoms with Crippen LogP contribution in [0.1, 0.15) is 26.2 Å². The number of rotatable bonds is 7. The Morgan fingerprint density at radius 2 is 2.06 bits per heavy atom. The van der Waals surface area contributed by atoms with Gasteiger partial charge in [0.25, 0.3) is 0 Å². The van der Waals surface area contributed by atoms with Crippen molar-refractivity contribution in [1.82, 2.24) is 10.6 Å². The van der Waals surface area contributed by atoms with Crippen LogP contribution >= 0.6 is 0 Å². The SMILES string of the molecule is CC(=O)NC(CCCCNC(=N)N)C(=O)O. The van der Waals surface area contributed by atoms with Crippen LogP contribution in [0.5, 0.6) is 0 Å². The summed E-state index contributed by atoms with van der Waals surface area (Å²) in [5.74, 6) is -1.49. The molecule has 1 atom stereocenters. The number of guanidine groups is 1. The van der Waals surface area contributed by atoms with Crippen LogP contribution < -0.4 is 16.4 Å². The van der Waals surface area contributed by atoms with E-state index >= 15 is 0 Å². The van der Waals surface area contributed by atoms with E-state index in [1.807, 2.05) is 0 Å². The van der Waals surface area contributed by atoms with Crippen molar-refractivity contribution in [2.45, 2.75) is 32.2 Å². The molecular weight excluding hydrogens is 212 g/mol. The molecule has 0 fully saturated rings. The van der Waals surface area contributed by atoms with E-state index in [1.165, 1.54) is 6.92 Å². The number of carbonyl (C=O) groups is 2. The molecule has 6 N–H and O–H groups in total. The number of amides is 1. The lowest BCUT2D eigenvalue weighted by atomic mass is 10.1. The molecule has 0 aliphatic rings. The topological polar surface area (TPSA) is 128 Å². The number of hydrogen-bond donors (Lipinski definition) is 5. The quantitative estimate of drug-likeness (QED) is 0.223. The first-order chi connectivity index (χ1) is 7.43. The molecule has 16 heavy (non-hydrogen) atoms. The summed E-state index contributed by atoms with van der Waals surface area (Å²) in [6.45, 7) is 1.81. The van der Waals surface area contributed by atoms with E-state index in [9.17, 15) is 9.59 Å². The van der Waals surface area contributed by atoms with Crippen LogP contribution in [0.25, 0.3) is 0 Å². The molecule has 7 nitrogen and oxygen atoms in total. The molecule has 1 unspecified atom stereocenters. The molecule has 0 aromatic carbocycles. The molecule has 0 aromatic heterocycles. The zero-order valence-electron chi connectivity index (χ0n) is 9.25. The van der Waals surface area contributed by atoms with Crippen molar-refractivity contribution in [1.29, 1.82) is 5.41 Å². The molecule has 7 heteroatoms. The zero-order chi connectivity index (χ0) is 12.6. The van der Waals surface area contributed by atoms with Gasteiger partial charge in [0.05, 0.1) is 0 Å². The summed E-state index contributed by atoms with van der Waals surface area (Å²) in [6.07, 6.45) is 1.70. The van der Waals surface area contributed by atoms with Crippen LogP contribution in [0.4, 0.5) is 0 Å². The molecular formula is C9H18N4O3. The molecule has 0 aliphatic carbocycles. The van der Waals surface area contributed by atoms with Crippen LogP contribution in [0, 0.1) is 5.41 Å². The van der Waals surface area contributed by atoms with Gasteiger partial charge in [-0.25, -0.2) is 4.79 Å². The highest BCUT2D eigenvalue weighted by Gasteiger charge is 2.17. The molecule has 0 rings (SSSR count). The van der Waals surface area contributed by atoms with Gasteiger partial charge in [0.15, 0.2) is 5.96 Å². The van der Waals surface area contributed by atoms with E-state index in [0.29, 0.717) is 25.8 Å². The van der Waals surface area contributed by atoms with E-state index in [4.69, 9.17) is 16.2 Å². The molecule has 92 valence electrons. The fraction of sp³-hybridized carbons (Fsp3) is 0.667. The minimum absolute atomic E-state index is 0.100. The molecule has 0 radical (unpaired) electrons. The van der Waals surface area contributed by atoms with Crippen LogP contribution in [0.15, 0.2) is 0 Å². The third-order valence-corrected chi connectivity index (χ3v) is 1.91. The van der Waals surface area contributed by atoms with E-state index < -0.39 is 12.0 Å². The standard InChI is InChI=1S/C9H18N4O3/c1-6(14)13-7(8(15)16)4-2-3-5-12-9(10)11/h7H,2-5H2,1H3,(H,13,14)(H,15,16)(H4,10,11,12). The van der Waals surface area contributed by atoms with Crippen LogP contribution in [-0.4, -0.2) is 35.5 Å². The van der Waals surface area contributed by atoms with Gasteiger partial charge >= 0.3 is 5.97 Å². The van der Waals surface area contributed by atoms with Gasteiger partial charge in [-0.15, -0.1) is 0 Å². The van der Waals surface area contributed by atoms with E-state index in [0.717, 1.165) is 0 Å². The molecule has 0 saturated carbocycles. The Balaban J connectivity index is 3.72. The number of hydrogen-bond acceptors (Lipinski definition) is 3. The number of carboxylic acids is 1. The smallest absolute Gasteiger partial charge is 0.326 e. The van der Waals surface area contributed by atoms with Crippen LogP contribution in [0.2, 0.25) is 0 Å². The van der Waals surface area contributed by atoms with Crippen LogP contribution in [-0.2, 0) is 9.59 Å². The Kier molecular flexibility index (Phi) is 6.66. The number of nitrogens with two attached hydrogens (primary N) is 1. The van der Waals surface area contributed by atoms with Crippen molar-refractivity contribution in [3.8, 4) is 0 Å². The first kappa shape index (κ1) is 14.2. The highest BCUT2D eigenvalue weighted by molar-refractivity contribution is 5.81. The van der Waals surface area contributed by atoms with Crippen molar-refractivity contribution in [2.75, 3.05) is 6.54 Å². The monoisotopic (exact) mass is 230 g/mol. The minimum atomic E-state index is -1.03. The van der Waals surface area contributed by atoms with Crippen molar-refractivity contribution < 1.29 is 14.7 Å².